The molecule has 0 aromatic rings. The molecule has 0 N–H and O–H groups in total. The average molecular weight is 309 g/mol. The predicted molar refractivity (Wildman–Crippen MR) is 57.1 cm³/mol. The minimum absolute atomic E-state index is 0. The number of hydrogen-bond acceptors (Lipinski definition) is 4. The van der Waals surface area contributed by atoms with Crippen molar-refractivity contribution in [1.82, 2.24) is 0 Å². The van der Waals surface area contributed by atoms with Gasteiger partial charge in [-0.15, -0.1) is 0 Å². The molecule has 0 amide bonds. The van der Waals surface area contributed by atoms with Gasteiger partial charge in [0.1, 0.15) is 0 Å². The Morgan fingerprint density at radius 2 is 1.06 bits per heavy atom. The van der Waals surface area contributed by atoms with Gasteiger partial charge in [0.05, 0.1) is 18.3 Å². The van der Waals surface area contributed by atoms with Crippen LogP contribution >= 0.6 is 0 Å². The maximum atomic E-state index is 10.9. The van der Waals surface area contributed by atoms with E-state index in [1.165, 1.54) is 0 Å². The molecule has 4 nitrogen and oxygen atoms in total. The van der Waals surface area contributed by atoms with Crippen molar-refractivity contribution in [2.75, 3.05) is 0 Å². The van der Waals surface area contributed by atoms with Gasteiger partial charge in [-0.3, -0.25) is 0 Å². The van der Waals surface area contributed by atoms with Crippen molar-refractivity contribution in [3.8, 4) is 0 Å². The first-order valence-corrected chi connectivity index (χ1v) is 5.24. The molecule has 0 rings (SSSR count). The van der Waals surface area contributed by atoms with Crippen molar-refractivity contribution in [3.05, 3.63) is 0 Å². The van der Waals surface area contributed by atoms with Crippen LogP contribution in [0.25, 0.3) is 0 Å². The molecule has 0 saturated heterocycles. The first-order chi connectivity index (χ1) is 6.81. The van der Waals surface area contributed by atoms with Gasteiger partial charge in [-0.2, -0.15) is 6.29 Å². The molecule has 0 saturated carbocycles. The minimum Gasteiger partial charge on any atom is -0.534 e. The first-order valence-electron chi connectivity index (χ1n) is 5.24. The molecule has 94 valence electrons. The topological polar surface area (TPSA) is 44.8 Å². The summed E-state index contributed by atoms with van der Waals surface area (Å²) < 4.78 is 16.0. The van der Waals surface area contributed by atoms with Crippen LogP contribution in [-0.4, -0.2) is 30.6 Å². The van der Waals surface area contributed by atoms with Crippen LogP contribution in [0.1, 0.15) is 41.5 Å². The van der Waals surface area contributed by atoms with Crippen LogP contribution in [0.4, 0.5) is 0 Å². The summed E-state index contributed by atoms with van der Waals surface area (Å²) in [6, 6.07) is 0. The molecule has 16 heavy (non-hydrogen) atoms. The number of rotatable bonds is 7. The predicted octanol–water partition coefficient (Wildman–Crippen LogP) is 2.02. The molecule has 0 unspecified atom stereocenters. The fourth-order valence-corrected chi connectivity index (χ4v) is 1.09. The van der Waals surface area contributed by atoms with Crippen LogP contribution in [0, 0.1) is 0 Å². The molecule has 0 atom stereocenters. The van der Waals surface area contributed by atoms with Gasteiger partial charge in [-0.25, -0.2) is 0 Å². The van der Waals surface area contributed by atoms with E-state index >= 15 is 0 Å². The smallest absolute Gasteiger partial charge is 0.178 e. The Bertz CT molecular complexity index is 166. The Morgan fingerprint density at radius 1 is 0.812 bits per heavy atom. The molecule has 0 heterocycles. The zero-order valence-electron chi connectivity index (χ0n) is 10.9. The first kappa shape index (κ1) is 18.8. The Morgan fingerprint density at radius 3 is 1.19 bits per heavy atom. The standard InChI is InChI=1S/C11H21O4.Zr/c1-8(2)13-11(7-12,14-9(3)4)15-10(5)6;/h8-10H,1-6H3;/q-1;. The van der Waals surface area contributed by atoms with Crippen molar-refractivity contribution >= 4 is 6.29 Å². The van der Waals surface area contributed by atoms with Crippen molar-refractivity contribution in [1.29, 1.82) is 0 Å². The van der Waals surface area contributed by atoms with Gasteiger partial charge in [0, 0.05) is 26.2 Å². The monoisotopic (exact) mass is 307 g/mol. The molecule has 0 fully saturated rings. The van der Waals surface area contributed by atoms with Crippen LogP contribution in [0.3, 0.4) is 0 Å². The van der Waals surface area contributed by atoms with Gasteiger partial charge >= 0.3 is 0 Å². The summed E-state index contributed by atoms with van der Waals surface area (Å²) in [5, 5.41) is 0. The number of hydrogen-bond donors (Lipinski definition) is 0. The Kier molecular flexibility index (Phi) is 10.00. The molecule has 0 bridgehead atoms. The average Bonchev–Trinajstić information content (AvgIpc) is 1.99. The Balaban J connectivity index is 0. The molecule has 0 radical (unpaired) electrons. The molecule has 0 aliphatic rings. The van der Waals surface area contributed by atoms with Crippen molar-refractivity contribution < 1.29 is 45.2 Å². The van der Waals surface area contributed by atoms with E-state index < -0.39 is 5.97 Å². The number of ether oxygens (including phenoxy) is 3. The van der Waals surface area contributed by atoms with Gasteiger partial charge in [0.25, 0.3) is 0 Å². The number of carbonyl (C=O) groups excluding carboxylic acids is 1. The summed E-state index contributed by atoms with van der Waals surface area (Å²) in [6.45, 7) is 10.8. The summed E-state index contributed by atoms with van der Waals surface area (Å²) in [7, 11) is 0. The third-order valence-electron chi connectivity index (χ3n) is 1.30. The van der Waals surface area contributed by atoms with E-state index in [-0.39, 0.29) is 44.5 Å². The van der Waals surface area contributed by atoms with E-state index in [0.29, 0.717) is 0 Å². The molecular formula is C11H21O4Zr-. The van der Waals surface area contributed by atoms with E-state index in [1.54, 1.807) is 47.8 Å². The van der Waals surface area contributed by atoms with Gasteiger partial charge in [0.15, 0.2) is 5.97 Å². The van der Waals surface area contributed by atoms with E-state index in [0.717, 1.165) is 0 Å². The SMILES string of the molecule is CC(C)OC([C-]=O)(OC(C)C)OC(C)C.[Zr]. The second kappa shape index (κ2) is 8.51. The van der Waals surface area contributed by atoms with Crippen LogP contribution < -0.4 is 0 Å². The fourth-order valence-electron chi connectivity index (χ4n) is 1.09. The van der Waals surface area contributed by atoms with Crippen molar-refractivity contribution in [3.63, 3.8) is 0 Å². The van der Waals surface area contributed by atoms with Gasteiger partial charge in [0.2, 0.25) is 0 Å². The maximum Gasteiger partial charge on any atom is 0.178 e. The van der Waals surface area contributed by atoms with Crippen LogP contribution in [-0.2, 0) is 45.2 Å². The molecule has 5 heteroatoms. The molecule has 0 aliphatic heterocycles. The zero-order valence-corrected chi connectivity index (χ0v) is 13.3. The minimum atomic E-state index is -1.70. The maximum absolute atomic E-state index is 10.9. The van der Waals surface area contributed by atoms with Gasteiger partial charge in [-0.05, 0) is 41.5 Å². The molecule has 0 spiro atoms. The molecule has 0 aliphatic carbocycles. The van der Waals surface area contributed by atoms with E-state index in [2.05, 4.69) is 0 Å². The normalized spacial score (nSPS) is 12.1. The Labute approximate surface area is 117 Å². The zero-order chi connectivity index (χ0) is 12.1. The van der Waals surface area contributed by atoms with Crippen LogP contribution in [0.2, 0.25) is 0 Å². The summed E-state index contributed by atoms with van der Waals surface area (Å²) in [6.07, 6.45) is 1.16. The summed E-state index contributed by atoms with van der Waals surface area (Å²) in [5.74, 6) is -1.70. The molecular weight excluding hydrogens is 287 g/mol. The van der Waals surface area contributed by atoms with E-state index in [1.807, 2.05) is 0 Å². The third kappa shape index (κ3) is 7.67. The van der Waals surface area contributed by atoms with Crippen LogP contribution in [0.5, 0.6) is 0 Å². The van der Waals surface area contributed by atoms with E-state index in [9.17, 15) is 4.79 Å². The third-order valence-corrected chi connectivity index (χ3v) is 1.30. The Hall–Kier alpha value is 0.433. The summed E-state index contributed by atoms with van der Waals surface area (Å²) >= 11 is 0. The fraction of sp³-hybridized carbons (Fsp3) is 0.909. The van der Waals surface area contributed by atoms with Crippen molar-refractivity contribution in [2.45, 2.75) is 65.8 Å². The van der Waals surface area contributed by atoms with Crippen molar-refractivity contribution in [2.24, 2.45) is 0 Å². The second-order valence-electron chi connectivity index (χ2n) is 4.16. The van der Waals surface area contributed by atoms with Gasteiger partial charge < -0.3 is 19.0 Å². The van der Waals surface area contributed by atoms with Crippen LogP contribution in [0.15, 0.2) is 0 Å². The van der Waals surface area contributed by atoms with E-state index in [4.69, 9.17) is 14.2 Å². The quantitative estimate of drug-likeness (QED) is 0.533. The molecule has 0 aromatic carbocycles. The van der Waals surface area contributed by atoms with Gasteiger partial charge in [-0.1, -0.05) is 0 Å². The molecule has 0 aromatic heterocycles. The summed E-state index contributed by atoms with van der Waals surface area (Å²) in [5.41, 5.74) is 0. The second-order valence-corrected chi connectivity index (χ2v) is 4.16. The largest absolute Gasteiger partial charge is 0.534 e. The summed E-state index contributed by atoms with van der Waals surface area (Å²) in [4.78, 5) is 10.9.